The largest absolute Gasteiger partial charge is 0.494 e. The molecule has 1 aliphatic heterocycles. The van der Waals surface area contributed by atoms with E-state index in [1.165, 1.54) is 16.1 Å². The maximum atomic E-state index is 5.87. The third-order valence-electron chi connectivity index (χ3n) is 7.38. The predicted octanol–water partition coefficient (Wildman–Crippen LogP) is 6.49. The molecule has 0 unspecified atom stereocenters. The van der Waals surface area contributed by atoms with Gasteiger partial charge in [-0.1, -0.05) is 38.3 Å². The highest BCUT2D eigenvalue weighted by Crippen LogP contribution is 2.41. The summed E-state index contributed by atoms with van der Waals surface area (Å²) in [6.07, 6.45) is 5.70. The number of methoxy groups -OCH3 is 1. The first-order valence-corrected chi connectivity index (χ1v) is 16.9. The highest BCUT2D eigenvalue weighted by atomic mass is 79.9. The van der Waals surface area contributed by atoms with Crippen LogP contribution in [0.15, 0.2) is 71.6 Å². The van der Waals surface area contributed by atoms with Gasteiger partial charge < -0.3 is 25.6 Å². The summed E-state index contributed by atoms with van der Waals surface area (Å²) in [5.74, 6) is 1.87. The molecule has 43 heavy (non-hydrogen) atoms. The van der Waals surface area contributed by atoms with E-state index in [0.717, 1.165) is 64.6 Å². The van der Waals surface area contributed by atoms with Gasteiger partial charge in [-0.15, -0.1) is 12.4 Å². The van der Waals surface area contributed by atoms with Gasteiger partial charge in [0.05, 0.1) is 23.5 Å². The number of hydrogen-bond donors (Lipinski definition) is 3. The second-order valence-corrected chi connectivity index (χ2v) is 13.5. The number of piperazine rings is 1. The molecule has 12 heteroatoms. The van der Waals surface area contributed by atoms with Gasteiger partial charge in [0.25, 0.3) is 0 Å². The fourth-order valence-corrected chi connectivity index (χ4v) is 6.98. The number of nitrogens with zero attached hydrogens (tertiary/aromatic N) is 5. The minimum atomic E-state index is -0.377. The quantitative estimate of drug-likeness (QED) is 0.160. The Morgan fingerprint density at radius 2 is 1.79 bits per heavy atom. The molecular formula is C31H35BrClN8OP. The van der Waals surface area contributed by atoms with Crippen molar-refractivity contribution in [1.82, 2.24) is 25.1 Å². The lowest BCUT2D eigenvalue weighted by Gasteiger charge is -2.31. The molecule has 224 valence electrons. The van der Waals surface area contributed by atoms with Crippen LogP contribution < -0.4 is 30.9 Å². The summed E-state index contributed by atoms with van der Waals surface area (Å²) in [7, 11) is 3.25. The van der Waals surface area contributed by atoms with E-state index in [1.54, 1.807) is 13.3 Å². The minimum Gasteiger partial charge on any atom is -0.494 e. The summed E-state index contributed by atoms with van der Waals surface area (Å²) >= 11 is 3.66. The van der Waals surface area contributed by atoms with E-state index in [1.807, 2.05) is 24.1 Å². The predicted molar refractivity (Wildman–Crippen MR) is 186 cm³/mol. The second-order valence-electron chi connectivity index (χ2n) is 10.4. The molecule has 1 saturated heterocycles. The lowest BCUT2D eigenvalue weighted by molar-refractivity contribution is 0.416. The Balaban J connectivity index is 0.00000368. The summed E-state index contributed by atoms with van der Waals surface area (Å²) in [5.41, 5.74) is 5.05. The van der Waals surface area contributed by atoms with Crippen molar-refractivity contribution < 1.29 is 4.74 Å². The van der Waals surface area contributed by atoms with Gasteiger partial charge in [0, 0.05) is 79.5 Å². The zero-order valence-electron chi connectivity index (χ0n) is 24.6. The van der Waals surface area contributed by atoms with E-state index in [4.69, 9.17) is 9.72 Å². The number of rotatable bonds is 8. The van der Waals surface area contributed by atoms with Crippen LogP contribution in [-0.2, 0) is 7.05 Å². The number of anilines is 5. The highest BCUT2D eigenvalue weighted by molar-refractivity contribution is 9.10. The van der Waals surface area contributed by atoms with Crippen molar-refractivity contribution in [3.05, 3.63) is 71.6 Å². The third-order valence-corrected chi connectivity index (χ3v) is 9.34. The molecule has 0 spiro atoms. The number of aromatic nitrogens is 4. The zero-order chi connectivity index (χ0) is 29.2. The van der Waals surface area contributed by atoms with E-state index in [9.17, 15) is 0 Å². The first-order valence-electron chi connectivity index (χ1n) is 13.8. The Morgan fingerprint density at radius 3 is 2.51 bits per heavy atom. The SMILES string of the molecule is COc1cc(N2CCNCC2)c(-c2cnn(C)c2)cc1Nc1ncc(Br)c(Nc2ccc3ccccc3c2P(C)C)n1.Cl. The van der Waals surface area contributed by atoms with E-state index < -0.39 is 0 Å². The van der Waals surface area contributed by atoms with Gasteiger partial charge in [-0.05, 0) is 52.2 Å². The van der Waals surface area contributed by atoms with E-state index in [2.05, 4.69) is 109 Å². The maximum absolute atomic E-state index is 5.87. The van der Waals surface area contributed by atoms with Crippen LogP contribution >= 0.6 is 36.3 Å². The number of aryl methyl sites for hydroxylation is 1. The van der Waals surface area contributed by atoms with Crippen molar-refractivity contribution in [2.45, 2.75) is 0 Å². The number of fused-ring (bicyclic) bond motifs is 1. The normalized spacial score (nSPS) is 13.2. The molecule has 9 nitrogen and oxygen atoms in total. The smallest absolute Gasteiger partial charge is 0.229 e. The molecule has 0 radical (unpaired) electrons. The first-order chi connectivity index (χ1) is 20.4. The van der Waals surface area contributed by atoms with Gasteiger partial charge in [-0.3, -0.25) is 4.68 Å². The lowest BCUT2D eigenvalue weighted by atomic mass is 10.0. The molecule has 3 N–H and O–H groups in total. The van der Waals surface area contributed by atoms with Crippen LogP contribution in [0, 0.1) is 0 Å². The van der Waals surface area contributed by atoms with Crippen molar-refractivity contribution >= 4 is 81.2 Å². The van der Waals surface area contributed by atoms with Crippen LogP contribution in [0.5, 0.6) is 5.75 Å². The lowest BCUT2D eigenvalue weighted by Crippen LogP contribution is -2.43. The van der Waals surface area contributed by atoms with Crippen LogP contribution in [0.25, 0.3) is 21.9 Å². The molecule has 1 fully saturated rings. The van der Waals surface area contributed by atoms with Crippen molar-refractivity contribution in [3.8, 4) is 16.9 Å². The summed E-state index contributed by atoms with van der Waals surface area (Å²) < 4.78 is 8.48. The highest BCUT2D eigenvalue weighted by Gasteiger charge is 2.21. The molecule has 6 rings (SSSR count). The Labute approximate surface area is 267 Å². The van der Waals surface area contributed by atoms with E-state index in [0.29, 0.717) is 11.8 Å². The molecule has 0 amide bonds. The van der Waals surface area contributed by atoms with Crippen LogP contribution in [-0.4, -0.2) is 66.4 Å². The van der Waals surface area contributed by atoms with Crippen molar-refractivity contribution in [1.29, 1.82) is 0 Å². The van der Waals surface area contributed by atoms with E-state index >= 15 is 0 Å². The van der Waals surface area contributed by atoms with Crippen LogP contribution in [0.3, 0.4) is 0 Å². The molecular weight excluding hydrogens is 647 g/mol. The van der Waals surface area contributed by atoms with Crippen LogP contribution in [0.2, 0.25) is 0 Å². The first kappa shape index (κ1) is 31.0. The molecule has 0 bridgehead atoms. The number of halogens is 2. The molecule has 3 heterocycles. The summed E-state index contributed by atoms with van der Waals surface area (Å²) in [4.78, 5) is 11.8. The summed E-state index contributed by atoms with van der Waals surface area (Å²) in [5, 5.41) is 18.7. The Kier molecular flexibility index (Phi) is 9.72. The zero-order valence-corrected chi connectivity index (χ0v) is 27.9. The molecule has 2 aromatic heterocycles. The molecule has 5 aromatic rings. The number of benzene rings is 3. The second kappa shape index (κ2) is 13.5. The molecule has 0 atom stereocenters. The molecule has 0 aliphatic carbocycles. The maximum Gasteiger partial charge on any atom is 0.229 e. The van der Waals surface area contributed by atoms with Gasteiger partial charge in [0.2, 0.25) is 5.95 Å². The minimum absolute atomic E-state index is 0. The Bertz CT molecular complexity index is 1740. The van der Waals surface area contributed by atoms with Crippen molar-refractivity contribution in [3.63, 3.8) is 0 Å². The fourth-order valence-electron chi connectivity index (χ4n) is 5.40. The molecule has 0 saturated carbocycles. The van der Waals surface area contributed by atoms with Crippen molar-refractivity contribution in [2.75, 3.05) is 62.2 Å². The Morgan fingerprint density at radius 1 is 1.00 bits per heavy atom. The van der Waals surface area contributed by atoms with Gasteiger partial charge in [-0.2, -0.15) is 10.1 Å². The third kappa shape index (κ3) is 6.58. The van der Waals surface area contributed by atoms with E-state index in [-0.39, 0.29) is 20.3 Å². The average molecular weight is 682 g/mol. The van der Waals surface area contributed by atoms with Gasteiger partial charge in [-0.25, -0.2) is 4.98 Å². The van der Waals surface area contributed by atoms with Gasteiger partial charge in [0.1, 0.15) is 11.6 Å². The number of ether oxygens (including phenoxy) is 1. The number of hydrogen-bond acceptors (Lipinski definition) is 8. The fraction of sp³-hybridized carbons (Fsp3) is 0.258. The molecule has 1 aliphatic rings. The van der Waals surface area contributed by atoms with Crippen LogP contribution in [0.1, 0.15) is 0 Å². The average Bonchev–Trinajstić information content (AvgIpc) is 3.44. The summed E-state index contributed by atoms with van der Waals surface area (Å²) in [6, 6.07) is 17.0. The number of nitrogens with one attached hydrogen (secondary N) is 3. The van der Waals surface area contributed by atoms with Gasteiger partial charge >= 0.3 is 0 Å². The topological polar surface area (TPSA) is 92.2 Å². The van der Waals surface area contributed by atoms with Crippen molar-refractivity contribution in [2.24, 2.45) is 7.05 Å². The summed E-state index contributed by atoms with van der Waals surface area (Å²) in [6.45, 7) is 8.27. The monoisotopic (exact) mass is 680 g/mol. The molecule has 3 aromatic carbocycles. The van der Waals surface area contributed by atoms with Crippen LogP contribution in [0.4, 0.5) is 28.8 Å². The Hall–Kier alpha value is -3.43. The standard InChI is InChI=1S/C31H34BrN8OP.ClH/c1-39-19-21(17-35-39)23-15-26(28(41-2)16-27(23)40-13-11-33-12-14-40)37-31-34-18-24(32)30(38-31)36-25-10-9-20-7-5-6-8-22(20)29(25)42(3)4;/h5-10,15-19,33H,11-14H2,1-4H3,(H2,34,36,37,38);1H. The van der Waals surface area contributed by atoms with Gasteiger partial charge in [0.15, 0.2) is 0 Å².